The average molecular weight is 478 g/mol. The highest BCUT2D eigenvalue weighted by Gasteiger charge is 2.12. The number of ether oxygens (including phenoxy) is 1. The van der Waals surface area contributed by atoms with Crippen molar-refractivity contribution >= 4 is 50.8 Å². The Morgan fingerprint density at radius 2 is 1.83 bits per heavy atom. The van der Waals surface area contributed by atoms with Crippen LogP contribution in [0.3, 0.4) is 0 Å². The van der Waals surface area contributed by atoms with Crippen LogP contribution in [0.2, 0.25) is 0 Å². The van der Waals surface area contributed by atoms with Gasteiger partial charge in [-0.05, 0) is 84.3 Å². The van der Waals surface area contributed by atoms with Gasteiger partial charge in [-0.2, -0.15) is 0 Å². The molecule has 0 saturated heterocycles. The van der Waals surface area contributed by atoms with Gasteiger partial charge in [-0.3, -0.25) is 14.9 Å². The van der Waals surface area contributed by atoms with Crippen molar-refractivity contribution in [1.29, 1.82) is 0 Å². The van der Waals surface area contributed by atoms with Crippen LogP contribution >= 0.6 is 28.1 Å². The largest absolute Gasteiger partial charge is 0.490 e. The number of hydrogen-bond acceptors (Lipinski definition) is 4. The van der Waals surface area contributed by atoms with Gasteiger partial charge < -0.3 is 15.4 Å². The summed E-state index contributed by atoms with van der Waals surface area (Å²) in [5, 5.41) is 8.44. The SMILES string of the molecule is CNC(=O)CCc1ccc(NC(=S)NC(=O)c2ccc(OC(C)C)c(Br)c2)cc1. The van der Waals surface area contributed by atoms with Crippen LogP contribution in [0.1, 0.15) is 36.2 Å². The molecule has 0 aliphatic heterocycles. The molecule has 0 aliphatic rings. The second kappa shape index (κ2) is 10.9. The first kappa shape index (κ1) is 22.8. The van der Waals surface area contributed by atoms with Crippen LogP contribution in [0, 0.1) is 0 Å². The minimum atomic E-state index is -0.318. The molecule has 2 amide bonds. The maximum atomic E-state index is 12.4. The normalized spacial score (nSPS) is 10.4. The maximum Gasteiger partial charge on any atom is 0.257 e. The predicted molar refractivity (Wildman–Crippen MR) is 122 cm³/mol. The van der Waals surface area contributed by atoms with E-state index in [1.807, 2.05) is 38.1 Å². The number of amides is 2. The second-order valence-electron chi connectivity index (χ2n) is 6.59. The van der Waals surface area contributed by atoms with E-state index >= 15 is 0 Å². The molecule has 0 fully saturated rings. The molecule has 0 atom stereocenters. The Bertz CT molecular complexity index is 885. The van der Waals surface area contributed by atoms with Gasteiger partial charge >= 0.3 is 0 Å². The molecular formula is C21H24BrN3O3S. The van der Waals surface area contributed by atoms with E-state index in [2.05, 4.69) is 31.9 Å². The van der Waals surface area contributed by atoms with Crippen LogP contribution < -0.4 is 20.7 Å². The lowest BCUT2D eigenvalue weighted by Crippen LogP contribution is -2.34. The van der Waals surface area contributed by atoms with Gasteiger partial charge in [0.1, 0.15) is 5.75 Å². The first-order chi connectivity index (χ1) is 13.8. The van der Waals surface area contributed by atoms with E-state index in [1.54, 1.807) is 25.2 Å². The minimum Gasteiger partial charge on any atom is -0.490 e. The van der Waals surface area contributed by atoms with Crippen molar-refractivity contribution in [1.82, 2.24) is 10.6 Å². The lowest BCUT2D eigenvalue weighted by Gasteiger charge is -2.13. The number of thiocarbonyl (C=S) groups is 1. The highest BCUT2D eigenvalue weighted by Crippen LogP contribution is 2.27. The smallest absolute Gasteiger partial charge is 0.257 e. The lowest BCUT2D eigenvalue weighted by atomic mass is 10.1. The van der Waals surface area contributed by atoms with E-state index in [0.29, 0.717) is 28.6 Å². The first-order valence-corrected chi connectivity index (χ1v) is 10.4. The maximum absolute atomic E-state index is 12.4. The molecule has 0 heterocycles. The molecular weight excluding hydrogens is 454 g/mol. The quantitative estimate of drug-likeness (QED) is 0.524. The molecule has 2 aromatic carbocycles. The zero-order valence-electron chi connectivity index (χ0n) is 16.5. The fourth-order valence-electron chi connectivity index (χ4n) is 2.47. The van der Waals surface area contributed by atoms with Gasteiger partial charge in [0.25, 0.3) is 5.91 Å². The molecule has 29 heavy (non-hydrogen) atoms. The summed E-state index contributed by atoms with van der Waals surface area (Å²) in [5.41, 5.74) is 2.25. The van der Waals surface area contributed by atoms with Crippen molar-refractivity contribution in [3.8, 4) is 5.75 Å². The zero-order valence-corrected chi connectivity index (χ0v) is 18.9. The number of carbonyl (C=O) groups is 2. The lowest BCUT2D eigenvalue weighted by molar-refractivity contribution is -0.120. The molecule has 6 nitrogen and oxygen atoms in total. The molecule has 0 saturated carbocycles. The minimum absolute atomic E-state index is 0.00605. The number of nitrogens with one attached hydrogen (secondary N) is 3. The molecule has 154 valence electrons. The van der Waals surface area contributed by atoms with Gasteiger partial charge in [0.2, 0.25) is 5.91 Å². The molecule has 3 N–H and O–H groups in total. The standard InChI is InChI=1S/C21H24BrN3O3S/c1-13(2)28-18-10-7-15(12-17(18)22)20(27)25-21(29)24-16-8-4-14(5-9-16)6-11-19(26)23-3/h4-5,7-10,12-13H,6,11H2,1-3H3,(H,23,26)(H2,24,25,27,29). The first-order valence-electron chi connectivity index (χ1n) is 9.16. The number of aryl methyl sites for hydroxylation is 1. The van der Waals surface area contributed by atoms with Gasteiger partial charge in [0.05, 0.1) is 10.6 Å². The van der Waals surface area contributed by atoms with Crippen molar-refractivity contribution in [2.24, 2.45) is 0 Å². The predicted octanol–water partition coefficient (Wildman–Crippen LogP) is 4.04. The Hall–Kier alpha value is -2.45. The summed E-state index contributed by atoms with van der Waals surface area (Å²) >= 11 is 8.65. The third kappa shape index (κ3) is 7.47. The number of hydrogen-bond donors (Lipinski definition) is 3. The van der Waals surface area contributed by atoms with Crippen molar-refractivity contribution in [2.75, 3.05) is 12.4 Å². The summed E-state index contributed by atoms with van der Waals surface area (Å²) in [4.78, 5) is 23.7. The average Bonchev–Trinajstić information content (AvgIpc) is 2.68. The van der Waals surface area contributed by atoms with E-state index in [9.17, 15) is 9.59 Å². The van der Waals surface area contributed by atoms with Gasteiger partial charge in [0.15, 0.2) is 5.11 Å². The zero-order chi connectivity index (χ0) is 21.4. The number of halogens is 1. The Morgan fingerprint density at radius 3 is 2.41 bits per heavy atom. The molecule has 0 aromatic heterocycles. The third-order valence-corrected chi connectivity index (χ3v) is 4.74. The molecule has 2 rings (SSSR count). The Kier molecular flexibility index (Phi) is 8.60. The molecule has 8 heteroatoms. The van der Waals surface area contributed by atoms with E-state index in [0.717, 1.165) is 11.3 Å². The summed E-state index contributed by atoms with van der Waals surface area (Å²) in [5.74, 6) is 0.363. The second-order valence-corrected chi connectivity index (χ2v) is 7.85. The van der Waals surface area contributed by atoms with Crippen molar-refractivity contribution in [3.63, 3.8) is 0 Å². The Labute approximate surface area is 184 Å². The van der Waals surface area contributed by atoms with Crippen molar-refractivity contribution < 1.29 is 14.3 Å². The van der Waals surface area contributed by atoms with Crippen LogP contribution in [-0.4, -0.2) is 30.1 Å². The summed E-state index contributed by atoms with van der Waals surface area (Å²) in [6, 6.07) is 12.7. The van der Waals surface area contributed by atoms with E-state index in [4.69, 9.17) is 17.0 Å². The summed E-state index contributed by atoms with van der Waals surface area (Å²) in [6.07, 6.45) is 1.14. The fourth-order valence-corrected chi connectivity index (χ4v) is 3.15. The van der Waals surface area contributed by atoms with Crippen LogP contribution in [0.4, 0.5) is 5.69 Å². The number of rotatable bonds is 7. The van der Waals surface area contributed by atoms with Gasteiger partial charge in [-0.15, -0.1) is 0 Å². The highest BCUT2D eigenvalue weighted by molar-refractivity contribution is 9.10. The fraction of sp³-hybridized carbons (Fsp3) is 0.286. The number of anilines is 1. The van der Waals surface area contributed by atoms with E-state index in [-0.39, 0.29) is 23.0 Å². The van der Waals surface area contributed by atoms with Crippen LogP contribution in [-0.2, 0) is 11.2 Å². The molecule has 0 aliphatic carbocycles. The van der Waals surface area contributed by atoms with E-state index < -0.39 is 0 Å². The van der Waals surface area contributed by atoms with Gasteiger partial charge in [-0.1, -0.05) is 12.1 Å². The van der Waals surface area contributed by atoms with Gasteiger partial charge in [-0.25, -0.2) is 0 Å². The molecule has 0 unspecified atom stereocenters. The topological polar surface area (TPSA) is 79.5 Å². The molecule has 0 bridgehead atoms. The van der Waals surface area contributed by atoms with Gasteiger partial charge in [0, 0.05) is 24.7 Å². The van der Waals surface area contributed by atoms with Crippen LogP contribution in [0.5, 0.6) is 5.75 Å². The number of carbonyl (C=O) groups excluding carboxylic acids is 2. The Balaban J connectivity index is 1.90. The molecule has 0 spiro atoms. The third-order valence-electron chi connectivity index (χ3n) is 3.92. The van der Waals surface area contributed by atoms with Crippen molar-refractivity contribution in [2.45, 2.75) is 32.8 Å². The monoisotopic (exact) mass is 477 g/mol. The van der Waals surface area contributed by atoms with Crippen LogP contribution in [0.25, 0.3) is 0 Å². The molecule has 2 aromatic rings. The van der Waals surface area contributed by atoms with Crippen molar-refractivity contribution in [3.05, 3.63) is 58.1 Å². The molecule has 0 radical (unpaired) electrons. The summed E-state index contributed by atoms with van der Waals surface area (Å²) in [7, 11) is 1.62. The summed E-state index contributed by atoms with van der Waals surface area (Å²) < 4.78 is 6.35. The number of benzene rings is 2. The highest BCUT2D eigenvalue weighted by atomic mass is 79.9. The van der Waals surface area contributed by atoms with Crippen LogP contribution in [0.15, 0.2) is 46.9 Å². The Morgan fingerprint density at radius 1 is 1.14 bits per heavy atom. The van der Waals surface area contributed by atoms with E-state index in [1.165, 1.54) is 0 Å². The summed E-state index contributed by atoms with van der Waals surface area (Å²) in [6.45, 7) is 3.87.